The SMILES string of the molecule is CN=C/C(Br)=C\C1=CCc2c(Br)cc(Cl)c(N)c2CC1. The van der Waals surface area contributed by atoms with E-state index in [1.165, 1.54) is 11.1 Å². The molecule has 106 valence electrons. The van der Waals surface area contributed by atoms with E-state index < -0.39 is 0 Å². The average molecular weight is 419 g/mol. The number of rotatable bonds is 2. The molecular formula is C15H15Br2ClN2. The largest absolute Gasteiger partial charge is 0.397 e. The highest BCUT2D eigenvalue weighted by Gasteiger charge is 2.16. The molecule has 0 saturated heterocycles. The third-order valence-electron chi connectivity index (χ3n) is 3.30. The molecule has 1 aliphatic rings. The van der Waals surface area contributed by atoms with Gasteiger partial charge in [0.15, 0.2) is 0 Å². The summed E-state index contributed by atoms with van der Waals surface area (Å²) in [5.41, 5.74) is 10.5. The molecule has 0 heterocycles. The third kappa shape index (κ3) is 3.54. The number of hydrogen-bond acceptors (Lipinski definition) is 2. The molecule has 0 aliphatic heterocycles. The summed E-state index contributed by atoms with van der Waals surface area (Å²) in [6.07, 6.45) is 8.81. The molecule has 0 saturated carbocycles. The second kappa shape index (κ2) is 6.92. The Morgan fingerprint density at radius 2 is 2.15 bits per heavy atom. The fourth-order valence-electron chi connectivity index (χ4n) is 2.31. The van der Waals surface area contributed by atoms with Crippen molar-refractivity contribution in [1.29, 1.82) is 0 Å². The van der Waals surface area contributed by atoms with Crippen molar-refractivity contribution in [1.82, 2.24) is 0 Å². The number of nitrogen functional groups attached to an aromatic ring is 1. The fourth-order valence-corrected chi connectivity index (χ4v) is 3.79. The lowest BCUT2D eigenvalue weighted by molar-refractivity contribution is 0.971. The van der Waals surface area contributed by atoms with Gasteiger partial charge >= 0.3 is 0 Å². The van der Waals surface area contributed by atoms with Crippen molar-refractivity contribution in [3.63, 3.8) is 0 Å². The van der Waals surface area contributed by atoms with Crippen LogP contribution in [0.2, 0.25) is 5.02 Å². The van der Waals surface area contributed by atoms with Crippen molar-refractivity contribution in [3.05, 3.63) is 48.9 Å². The third-order valence-corrected chi connectivity index (χ3v) is 4.75. The molecule has 0 spiro atoms. The summed E-state index contributed by atoms with van der Waals surface area (Å²) in [7, 11) is 1.76. The van der Waals surface area contributed by atoms with Crippen LogP contribution in [-0.4, -0.2) is 13.3 Å². The van der Waals surface area contributed by atoms with Gasteiger partial charge in [-0.3, -0.25) is 4.99 Å². The van der Waals surface area contributed by atoms with Gasteiger partial charge in [0.25, 0.3) is 0 Å². The van der Waals surface area contributed by atoms with Gasteiger partial charge in [0.05, 0.1) is 10.7 Å². The van der Waals surface area contributed by atoms with Gasteiger partial charge < -0.3 is 5.73 Å². The molecule has 1 aromatic rings. The Morgan fingerprint density at radius 3 is 2.85 bits per heavy atom. The summed E-state index contributed by atoms with van der Waals surface area (Å²) in [5, 5.41) is 0.619. The molecule has 1 aliphatic carbocycles. The molecule has 20 heavy (non-hydrogen) atoms. The lowest BCUT2D eigenvalue weighted by Crippen LogP contribution is -2.00. The van der Waals surface area contributed by atoms with Crippen LogP contribution in [0.15, 0.2) is 37.7 Å². The van der Waals surface area contributed by atoms with Gasteiger partial charge in [-0.05, 0) is 58.5 Å². The molecule has 0 fully saturated rings. The molecular weight excluding hydrogens is 403 g/mol. The van der Waals surface area contributed by atoms with Crippen molar-refractivity contribution >= 4 is 55.4 Å². The molecule has 0 unspecified atom stereocenters. The van der Waals surface area contributed by atoms with Crippen molar-refractivity contribution < 1.29 is 0 Å². The highest BCUT2D eigenvalue weighted by Crippen LogP contribution is 2.36. The number of nitrogens with two attached hydrogens (primary N) is 1. The first-order chi connectivity index (χ1) is 9.52. The number of hydrogen-bond donors (Lipinski definition) is 1. The summed E-state index contributed by atoms with van der Waals surface area (Å²) < 4.78 is 2.00. The van der Waals surface area contributed by atoms with Crippen LogP contribution in [0.5, 0.6) is 0 Å². The number of halogens is 3. The number of aliphatic imine (C=N–C) groups is 1. The van der Waals surface area contributed by atoms with E-state index in [-0.39, 0.29) is 0 Å². The minimum Gasteiger partial charge on any atom is -0.397 e. The minimum absolute atomic E-state index is 0.619. The Bertz CT molecular complexity index is 619. The molecule has 0 bridgehead atoms. The quantitative estimate of drug-likeness (QED) is 0.528. The standard InChI is InChI=1S/C15H15Br2ClN2/c1-20-8-10(16)6-9-2-4-11-12(5-3-9)15(19)14(18)7-13(11)17/h2,6-8H,3-5,19H2,1H3/b10-6+,20-8?. The number of anilines is 1. The number of nitrogens with zero attached hydrogens (tertiary/aromatic N) is 1. The normalized spacial score (nSPS) is 16.0. The molecule has 0 aromatic heterocycles. The smallest absolute Gasteiger partial charge is 0.0649 e. The minimum atomic E-state index is 0.619. The van der Waals surface area contributed by atoms with Gasteiger partial charge in [0, 0.05) is 22.2 Å². The van der Waals surface area contributed by atoms with Crippen LogP contribution in [0.3, 0.4) is 0 Å². The Morgan fingerprint density at radius 1 is 1.40 bits per heavy atom. The average Bonchev–Trinajstić information content (AvgIpc) is 2.60. The van der Waals surface area contributed by atoms with Crippen molar-refractivity contribution in [2.24, 2.45) is 4.99 Å². The summed E-state index contributed by atoms with van der Waals surface area (Å²) in [6, 6.07) is 1.88. The lowest BCUT2D eigenvalue weighted by Gasteiger charge is -2.12. The maximum Gasteiger partial charge on any atom is 0.0649 e. The highest BCUT2D eigenvalue weighted by molar-refractivity contribution is 9.12. The summed E-state index contributed by atoms with van der Waals surface area (Å²) >= 11 is 13.2. The molecule has 1 aromatic carbocycles. The van der Waals surface area contributed by atoms with E-state index in [2.05, 4.69) is 49.0 Å². The second-order valence-corrected chi connectivity index (χ2v) is 6.79. The fraction of sp³-hybridized carbons (Fsp3) is 0.267. The summed E-state index contributed by atoms with van der Waals surface area (Å²) in [5.74, 6) is 0. The van der Waals surface area contributed by atoms with Gasteiger partial charge in [-0.15, -0.1) is 0 Å². The first kappa shape index (κ1) is 15.8. The second-order valence-electron chi connectivity index (χ2n) is 4.61. The maximum atomic E-state index is 6.16. The van der Waals surface area contributed by atoms with Crippen molar-refractivity contribution in [2.45, 2.75) is 19.3 Å². The highest BCUT2D eigenvalue weighted by atomic mass is 79.9. The monoisotopic (exact) mass is 416 g/mol. The van der Waals surface area contributed by atoms with Crippen LogP contribution >= 0.6 is 43.5 Å². The predicted molar refractivity (Wildman–Crippen MR) is 95.1 cm³/mol. The van der Waals surface area contributed by atoms with Crippen LogP contribution in [0.4, 0.5) is 5.69 Å². The van der Waals surface area contributed by atoms with E-state index >= 15 is 0 Å². The zero-order chi connectivity index (χ0) is 14.7. The van der Waals surface area contributed by atoms with Gasteiger partial charge in [0.2, 0.25) is 0 Å². The molecule has 2 N–H and O–H groups in total. The van der Waals surface area contributed by atoms with Gasteiger partial charge in [0.1, 0.15) is 0 Å². The van der Waals surface area contributed by atoms with E-state index in [1.807, 2.05) is 6.07 Å². The van der Waals surface area contributed by atoms with E-state index in [9.17, 15) is 0 Å². The van der Waals surface area contributed by atoms with Gasteiger partial charge in [-0.2, -0.15) is 0 Å². The maximum absolute atomic E-state index is 6.16. The lowest BCUT2D eigenvalue weighted by atomic mass is 10.0. The molecule has 0 amide bonds. The first-order valence-corrected chi connectivity index (χ1v) is 8.23. The van der Waals surface area contributed by atoms with Crippen molar-refractivity contribution in [2.75, 3.05) is 12.8 Å². The van der Waals surface area contributed by atoms with Crippen LogP contribution < -0.4 is 5.73 Å². The van der Waals surface area contributed by atoms with E-state index in [0.29, 0.717) is 10.7 Å². The molecule has 0 atom stereocenters. The predicted octanol–water partition coefficient (Wildman–Crippen LogP) is 5.08. The first-order valence-electron chi connectivity index (χ1n) is 6.26. The Hall–Kier alpha value is -0.580. The van der Waals surface area contributed by atoms with E-state index in [0.717, 1.165) is 33.8 Å². The topological polar surface area (TPSA) is 38.4 Å². The Kier molecular flexibility index (Phi) is 5.47. The number of benzene rings is 1. The summed E-state index contributed by atoms with van der Waals surface area (Å²) in [6.45, 7) is 0. The number of allylic oxidation sites excluding steroid dienone is 4. The van der Waals surface area contributed by atoms with E-state index in [1.54, 1.807) is 13.3 Å². The van der Waals surface area contributed by atoms with E-state index in [4.69, 9.17) is 17.3 Å². The Balaban J connectivity index is 2.33. The van der Waals surface area contributed by atoms with Crippen LogP contribution in [0, 0.1) is 0 Å². The van der Waals surface area contributed by atoms with Gasteiger partial charge in [-0.25, -0.2) is 0 Å². The van der Waals surface area contributed by atoms with Crippen LogP contribution in [-0.2, 0) is 12.8 Å². The van der Waals surface area contributed by atoms with Gasteiger partial charge in [-0.1, -0.05) is 39.2 Å². The number of fused-ring (bicyclic) bond motifs is 1. The zero-order valence-corrected chi connectivity index (χ0v) is 15.0. The molecule has 0 radical (unpaired) electrons. The zero-order valence-electron chi connectivity index (χ0n) is 11.1. The van der Waals surface area contributed by atoms with Crippen LogP contribution in [0.25, 0.3) is 0 Å². The molecule has 5 heteroatoms. The van der Waals surface area contributed by atoms with Crippen molar-refractivity contribution in [3.8, 4) is 0 Å². The van der Waals surface area contributed by atoms with Crippen LogP contribution in [0.1, 0.15) is 17.5 Å². The molecule has 2 rings (SSSR count). The Labute approximate surface area is 141 Å². The molecule has 2 nitrogen and oxygen atoms in total. The summed E-state index contributed by atoms with van der Waals surface area (Å²) in [4.78, 5) is 3.99.